The van der Waals surface area contributed by atoms with Crippen LogP contribution in [0.4, 0.5) is 51.1 Å². The van der Waals surface area contributed by atoms with Crippen LogP contribution in [0.15, 0.2) is 53.1 Å². The van der Waals surface area contributed by atoms with Crippen LogP contribution in [0.25, 0.3) is 0 Å². The monoisotopic (exact) mass is 704 g/mol. The van der Waals surface area contributed by atoms with E-state index >= 15 is 0 Å². The van der Waals surface area contributed by atoms with E-state index in [0.717, 1.165) is 10.9 Å². The lowest BCUT2D eigenvalue weighted by molar-refractivity contribution is -0.143. The summed E-state index contributed by atoms with van der Waals surface area (Å²) in [6.07, 6.45) is -13.2. The van der Waals surface area contributed by atoms with E-state index in [1.807, 2.05) is 0 Å². The Morgan fingerprint density at radius 2 is 1.69 bits per heavy atom. The molecule has 0 bridgehead atoms. The minimum Gasteiger partial charge on any atom is -0.467 e. The normalized spacial score (nSPS) is 15.7. The van der Waals surface area contributed by atoms with Gasteiger partial charge in [-0.15, -0.1) is 5.10 Å². The molecule has 1 aliphatic heterocycles. The van der Waals surface area contributed by atoms with E-state index in [1.54, 1.807) is 12.1 Å². The zero-order valence-corrected chi connectivity index (χ0v) is 26.0. The zero-order valence-electron chi connectivity index (χ0n) is 26.0. The topological polar surface area (TPSA) is 89.5 Å². The van der Waals surface area contributed by atoms with Gasteiger partial charge in [-0.25, -0.2) is 0 Å². The summed E-state index contributed by atoms with van der Waals surface area (Å²) in [5.41, 5.74) is -4.38. The van der Waals surface area contributed by atoms with Crippen LogP contribution in [0.1, 0.15) is 58.0 Å². The second kappa shape index (κ2) is 13.7. The number of tetrazole rings is 1. The first-order chi connectivity index (χ1) is 22.9. The highest BCUT2D eigenvalue weighted by Crippen LogP contribution is 2.44. The Morgan fingerprint density at radius 1 is 1.00 bits per heavy atom. The molecule has 0 fully saturated rings. The Kier molecular flexibility index (Phi) is 9.99. The number of aromatic nitrogens is 4. The lowest BCUT2D eigenvalue weighted by Gasteiger charge is -2.33. The largest absolute Gasteiger partial charge is 0.467 e. The number of furan rings is 1. The first-order valence-corrected chi connectivity index (χ1v) is 14.8. The molecule has 0 saturated carbocycles. The third kappa shape index (κ3) is 8.52. The van der Waals surface area contributed by atoms with Crippen LogP contribution >= 0.6 is 0 Å². The van der Waals surface area contributed by atoms with Crippen molar-refractivity contribution in [3.05, 3.63) is 87.9 Å². The molecule has 3 heterocycles. The van der Waals surface area contributed by atoms with E-state index in [0.29, 0.717) is 17.9 Å². The van der Waals surface area contributed by atoms with Gasteiger partial charge in [-0.05, 0) is 78.1 Å². The fraction of sp³-hybridized carbons (Fsp3) is 0.419. The Hall–Kier alpha value is -4.61. The van der Waals surface area contributed by atoms with Crippen LogP contribution in [-0.2, 0) is 48.3 Å². The number of halogens is 9. The summed E-state index contributed by atoms with van der Waals surface area (Å²) in [5.74, 6) is -0.180. The summed E-state index contributed by atoms with van der Waals surface area (Å²) < 4.78 is 135. The quantitative estimate of drug-likeness (QED) is 0.159. The van der Waals surface area contributed by atoms with E-state index in [-0.39, 0.29) is 68.0 Å². The number of fused-ring (bicyclic) bond motifs is 1. The zero-order chi connectivity index (χ0) is 35.7. The van der Waals surface area contributed by atoms with Gasteiger partial charge in [0.15, 0.2) is 5.78 Å². The molecule has 0 N–H and O–H groups in total. The van der Waals surface area contributed by atoms with Gasteiger partial charge in [0.2, 0.25) is 0 Å². The molecule has 4 aromatic rings. The van der Waals surface area contributed by atoms with Crippen LogP contribution < -0.4 is 9.80 Å². The van der Waals surface area contributed by atoms with E-state index in [1.165, 1.54) is 36.1 Å². The molecule has 0 saturated heterocycles. The molecule has 264 valence electrons. The number of hydrogen-bond acceptors (Lipinski definition) is 8. The Bertz CT molecular complexity index is 1740. The molecule has 0 spiro atoms. The number of anilines is 2. The Labute approximate surface area is 273 Å². The fourth-order valence-electron chi connectivity index (χ4n) is 5.74. The third-order valence-corrected chi connectivity index (χ3v) is 7.87. The van der Waals surface area contributed by atoms with Gasteiger partial charge in [-0.1, -0.05) is 11.2 Å². The van der Waals surface area contributed by atoms with Crippen LogP contribution in [0.5, 0.6) is 0 Å². The summed E-state index contributed by atoms with van der Waals surface area (Å²) in [5, 5.41) is 11.8. The number of nitrogens with zero attached hydrogens (tertiary/aromatic N) is 6. The summed E-state index contributed by atoms with van der Waals surface area (Å²) in [6, 6.07) is 5.61. The molecule has 49 heavy (non-hydrogen) atoms. The SMILES string of the molecule is Cc1cc2c(cc1C(F)(F)F)N(CC(=O)COCc1ccco1)CCC[C@@H]2N(Cc1cc(C(F)(F)F)cc(C(F)(F)F)c1)c1nnn(C)n1. The van der Waals surface area contributed by atoms with E-state index in [4.69, 9.17) is 9.15 Å². The molecular weight excluding hydrogens is 675 g/mol. The average molecular weight is 705 g/mol. The predicted molar refractivity (Wildman–Crippen MR) is 155 cm³/mol. The first kappa shape index (κ1) is 35.7. The maximum Gasteiger partial charge on any atom is 0.416 e. The third-order valence-electron chi connectivity index (χ3n) is 7.87. The maximum absolute atomic E-state index is 14.2. The minimum atomic E-state index is -5.11. The van der Waals surface area contributed by atoms with E-state index in [9.17, 15) is 44.3 Å². The predicted octanol–water partition coefficient (Wildman–Crippen LogP) is 7.30. The lowest BCUT2D eigenvalue weighted by atomic mass is 9.94. The molecular formula is C31H29F9N6O3. The number of Topliss-reactive ketones (excluding diaryl/α,β-unsaturated/α-hetero) is 1. The second-order valence-electron chi connectivity index (χ2n) is 11.5. The van der Waals surface area contributed by atoms with Gasteiger partial charge >= 0.3 is 18.5 Å². The standard InChI is InChI=1S/C31H29F9N6O3/c1-18-9-24-26(46(28-41-43-44(2)42-28)14-19-10-20(29(32,33)34)12-21(11-19)30(35,36)37)6-3-7-45(27(24)13-25(18)31(38,39)40)15-22(47)16-48-17-23-5-4-8-49-23/h4-5,8-13,26H,3,6-7,14-17H2,1-2H3/t26-/m0/s1. The molecule has 5 rings (SSSR count). The lowest BCUT2D eigenvalue weighted by Crippen LogP contribution is -2.33. The molecule has 2 aromatic carbocycles. The minimum absolute atomic E-state index is 0.00458. The van der Waals surface area contributed by atoms with E-state index < -0.39 is 59.2 Å². The molecule has 0 unspecified atom stereocenters. The average Bonchev–Trinajstić information content (AvgIpc) is 3.64. The summed E-state index contributed by atoms with van der Waals surface area (Å²) in [7, 11) is 1.39. The number of benzene rings is 2. The van der Waals surface area contributed by atoms with Gasteiger partial charge in [0, 0.05) is 18.8 Å². The van der Waals surface area contributed by atoms with E-state index in [2.05, 4.69) is 15.4 Å². The van der Waals surface area contributed by atoms with Crippen molar-refractivity contribution in [2.45, 2.75) is 57.5 Å². The summed E-state index contributed by atoms with van der Waals surface area (Å²) in [4.78, 5) is 16.8. The molecule has 18 heteroatoms. The maximum atomic E-state index is 14.2. The van der Waals surface area contributed by atoms with Gasteiger partial charge < -0.3 is 19.0 Å². The Morgan fingerprint density at radius 3 is 2.27 bits per heavy atom. The number of aryl methyl sites for hydroxylation is 2. The van der Waals surface area contributed by atoms with Crippen molar-refractivity contribution in [1.29, 1.82) is 0 Å². The second-order valence-corrected chi connectivity index (χ2v) is 11.5. The van der Waals surface area contributed by atoms with Gasteiger partial charge in [0.25, 0.3) is 5.95 Å². The number of alkyl halides is 9. The van der Waals surface area contributed by atoms with Crippen molar-refractivity contribution in [3.63, 3.8) is 0 Å². The van der Waals surface area contributed by atoms with Crippen molar-refractivity contribution in [3.8, 4) is 0 Å². The molecule has 2 aromatic heterocycles. The van der Waals surface area contributed by atoms with Crippen molar-refractivity contribution >= 4 is 17.4 Å². The Balaban J connectivity index is 1.56. The molecule has 0 radical (unpaired) electrons. The molecule has 0 aliphatic carbocycles. The van der Waals surface area contributed by atoms with Gasteiger partial charge in [0.05, 0.1) is 42.6 Å². The van der Waals surface area contributed by atoms with Crippen molar-refractivity contribution in [1.82, 2.24) is 20.2 Å². The number of carbonyl (C=O) groups is 1. The highest BCUT2D eigenvalue weighted by molar-refractivity contribution is 5.85. The number of ketones is 1. The molecule has 1 aliphatic rings. The smallest absolute Gasteiger partial charge is 0.416 e. The number of carbonyl (C=O) groups excluding carboxylic acids is 1. The number of ether oxygens (including phenoxy) is 1. The first-order valence-electron chi connectivity index (χ1n) is 14.8. The van der Waals surface area contributed by atoms with Crippen LogP contribution in [-0.4, -0.2) is 45.7 Å². The summed E-state index contributed by atoms with van der Waals surface area (Å²) in [6.45, 7) is 0.00142. The van der Waals surface area contributed by atoms with Crippen LogP contribution in [0.3, 0.4) is 0 Å². The van der Waals surface area contributed by atoms with Gasteiger partial charge in [0.1, 0.15) is 19.0 Å². The highest BCUT2D eigenvalue weighted by Gasteiger charge is 2.39. The van der Waals surface area contributed by atoms with Gasteiger partial charge in [-0.3, -0.25) is 4.79 Å². The van der Waals surface area contributed by atoms with Crippen LogP contribution in [0.2, 0.25) is 0 Å². The van der Waals surface area contributed by atoms with Crippen molar-refractivity contribution in [2.75, 3.05) is 29.5 Å². The highest BCUT2D eigenvalue weighted by atomic mass is 19.4. The molecule has 1 atom stereocenters. The van der Waals surface area contributed by atoms with Gasteiger partial charge in [-0.2, -0.15) is 44.3 Å². The van der Waals surface area contributed by atoms with Crippen molar-refractivity contribution < 1.29 is 53.5 Å². The number of rotatable bonds is 10. The van der Waals surface area contributed by atoms with Crippen molar-refractivity contribution in [2.24, 2.45) is 7.05 Å². The molecule has 9 nitrogen and oxygen atoms in total. The number of hydrogen-bond donors (Lipinski definition) is 0. The fourth-order valence-corrected chi connectivity index (χ4v) is 5.74. The summed E-state index contributed by atoms with van der Waals surface area (Å²) >= 11 is 0. The molecule has 0 amide bonds. The van der Waals surface area contributed by atoms with Crippen LogP contribution in [0, 0.1) is 6.92 Å².